The van der Waals surface area contributed by atoms with Gasteiger partial charge >= 0.3 is 189 Å². The number of hydrogen-bond acceptors (Lipinski definition) is 6. The van der Waals surface area contributed by atoms with Gasteiger partial charge in [-0.05, 0) is 0 Å². The third-order valence-electron chi connectivity index (χ3n) is 2.44. The van der Waals surface area contributed by atoms with Gasteiger partial charge in [0.1, 0.15) is 0 Å². The second kappa shape index (κ2) is 13.0. The van der Waals surface area contributed by atoms with Crippen LogP contribution in [0.3, 0.4) is 0 Å². The van der Waals surface area contributed by atoms with Crippen LogP contribution in [0.25, 0.3) is 0 Å². The third-order valence-corrected chi connectivity index (χ3v) is 23.4. The summed E-state index contributed by atoms with van der Waals surface area (Å²) in [6.45, 7) is 5.11. The normalized spacial score (nSPS) is 21.5. The van der Waals surface area contributed by atoms with E-state index < -0.39 is 0 Å². The molecule has 0 spiro atoms. The predicted octanol–water partition coefficient (Wildman–Crippen LogP) is 3.00. The summed E-state index contributed by atoms with van der Waals surface area (Å²) in [5.41, 5.74) is 0. The zero-order valence-electron chi connectivity index (χ0n) is 13.4. The summed E-state index contributed by atoms with van der Waals surface area (Å²) in [5.74, 6) is 1.64. The number of hydrogen-bond donors (Lipinski definition) is 2. The Bertz CT molecular complexity index is 491. The van der Waals surface area contributed by atoms with Crippen molar-refractivity contribution in [2.75, 3.05) is 24.7 Å². The molecule has 0 fully saturated rings. The molecule has 2 N–H and O–H groups in total. The van der Waals surface area contributed by atoms with Crippen molar-refractivity contribution in [1.82, 2.24) is 0 Å². The first-order valence-electron chi connectivity index (χ1n) is 7.40. The van der Waals surface area contributed by atoms with E-state index in [1.165, 1.54) is 19.1 Å². The standard InChI is InChI=1S/C14H20O2S4Se4/c1-3-21-13-9(17-7-5-15)19-11(23-13)12-20-10(18-8-6-16)14(24-12)22-4-2/h15-16H,3-8H2,1-2H3/b12-11+. The van der Waals surface area contributed by atoms with Crippen LogP contribution in [-0.2, 0) is 0 Å². The van der Waals surface area contributed by atoms with Gasteiger partial charge in [0, 0.05) is 0 Å². The first-order valence-corrected chi connectivity index (χ1v) is 18.6. The van der Waals surface area contributed by atoms with Crippen molar-refractivity contribution in [3.63, 3.8) is 0 Å². The van der Waals surface area contributed by atoms with E-state index in [0.717, 1.165) is 11.5 Å². The molecule has 0 aliphatic carbocycles. The Morgan fingerprint density at radius 2 is 1.25 bits per heavy atom. The Morgan fingerprint density at radius 3 is 1.58 bits per heavy atom. The predicted molar refractivity (Wildman–Crippen MR) is 119 cm³/mol. The van der Waals surface area contributed by atoms with Crippen molar-refractivity contribution in [1.29, 1.82) is 0 Å². The van der Waals surface area contributed by atoms with Crippen LogP contribution in [0.5, 0.6) is 0 Å². The fourth-order valence-electron chi connectivity index (χ4n) is 1.60. The van der Waals surface area contributed by atoms with Crippen LogP contribution >= 0.6 is 47.0 Å². The molecule has 0 saturated carbocycles. The van der Waals surface area contributed by atoms with Gasteiger partial charge in [-0.1, -0.05) is 0 Å². The summed E-state index contributed by atoms with van der Waals surface area (Å²) in [6, 6.07) is 0. The van der Waals surface area contributed by atoms with Crippen molar-refractivity contribution >= 4 is 107 Å². The van der Waals surface area contributed by atoms with Crippen LogP contribution < -0.4 is 0 Å². The van der Waals surface area contributed by atoms with Gasteiger partial charge < -0.3 is 0 Å². The van der Waals surface area contributed by atoms with Crippen LogP contribution in [0.2, 0.25) is 10.6 Å². The van der Waals surface area contributed by atoms with Gasteiger partial charge in [0.25, 0.3) is 0 Å². The molecule has 0 aromatic rings. The Kier molecular flexibility index (Phi) is 12.4. The Labute approximate surface area is 187 Å². The molecular weight excluding hydrogens is 644 g/mol. The second-order valence-corrected chi connectivity index (χ2v) is 22.3. The van der Waals surface area contributed by atoms with E-state index in [1.54, 1.807) is 14.3 Å². The average molecular weight is 664 g/mol. The molecular formula is C14H20O2S4Se4. The summed E-state index contributed by atoms with van der Waals surface area (Å²) < 4.78 is 9.70. The Morgan fingerprint density at radius 1 is 0.833 bits per heavy atom. The Hall–Kier alpha value is 2.62. The monoisotopic (exact) mass is 668 g/mol. The fourth-order valence-corrected chi connectivity index (χ4v) is 24.7. The topological polar surface area (TPSA) is 40.5 Å². The second-order valence-electron chi connectivity index (χ2n) is 4.14. The number of rotatable bonds is 10. The quantitative estimate of drug-likeness (QED) is 0.351. The molecule has 0 amide bonds. The van der Waals surface area contributed by atoms with Gasteiger partial charge in [-0.25, -0.2) is 0 Å². The van der Waals surface area contributed by atoms with Gasteiger partial charge in [0.2, 0.25) is 0 Å². The van der Waals surface area contributed by atoms with Crippen molar-refractivity contribution in [2.24, 2.45) is 0 Å². The Balaban J connectivity index is 2.08. The van der Waals surface area contributed by atoms with E-state index in [-0.39, 0.29) is 13.2 Å². The average Bonchev–Trinajstić information content (AvgIpc) is 3.16. The minimum absolute atomic E-state index is 0.269. The van der Waals surface area contributed by atoms with Gasteiger partial charge in [-0.2, -0.15) is 0 Å². The SMILES string of the molecule is CC[Se]C1=C(SCCO)S/C(=C2/SC(SCCO)=C([Se]CC)[Se]2)[Se]1. The molecule has 2 aliphatic heterocycles. The summed E-state index contributed by atoms with van der Waals surface area (Å²) in [4.78, 5) is 0. The zero-order chi connectivity index (χ0) is 17.4. The van der Waals surface area contributed by atoms with Gasteiger partial charge in [0.05, 0.1) is 0 Å². The summed E-state index contributed by atoms with van der Waals surface area (Å²) in [7, 11) is 0. The maximum absolute atomic E-state index is 9.15. The van der Waals surface area contributed by atoms with Crippen LogP contribution in [0.15, 0.2) is 22.8 Å². The first-order chi connectivity index (χ1) is 11.7. The van der Waals surface area contributed by atoms with E-state index in [2.05, 4.69) is 13.8 Å². The number of thioether (sulfide) groups is 4. The summed E-state index contributed by atoms with van der Waals surface area (Å²) >= 11 is 10.0. The molecule has 24 heavy (non-hydrogen) atoms. The van der Waals surface area contributed by atoms with Crippen LogP contribution in [0.4, 0.5) is 0 Å². The van der Waals surface area contributed by atoms with E-state index in [1.807, 2.05) is 47.0 Å². The molecule has 2 nitrogen and oxygen atoms in total. The molecule has 136 valence electrons. The maximum atomic E-state index is 9.15. The summed E-state index contributed by atoms with van der Waals surface area (Å²) in [5, 5.41) is 20.8. The molecule has 2 aliphatic rings. The van der Waals surface area contributed by atoms with E-state index in [9.17, 15) is 0 Å². The van der Waals surface area contributed by atoms with Gasteiger partial charge in [-0.15, -0.1) is 0 Å². The molecule has 0 atom stereocenters. The van der Waals surface area contributed by atoms with Crippen molar-refractivity contribution in [2.45, 2.75) is 24.5 Å². The fraction of sp³-hybridized carbons (Fsp3) is 0.571. The molecule has 2 heterocycles. The molecule has 0 saturated heterocycles. The minimum atomic E-state index is 0.269. The van der Waals surface area contributed by atoms with Crippen LogP contribution in [-0.4, -0.2) is 94.8 Å². The molecule has 0 radical (unpaired) electrons. The van der Waals surface area contributed by atoms with E-state index in [4.69, 9.17) is 10.2 Å². The molecule has 0 aromatic heterocycles. The van der Waals surface area contributed by atoms with Crippen molar-refractivity contribution in [3.8, 4) is 0 Å². The number of aliphatic hydroxyl groups excluding tert-OH is 2. The molecule has 0 aromatic carbocycles. The third kappa shape index (κ3) is 6.90. The van der Waals surface area contributed by atoms with Crippen molar-refractivity contribution < 1.29 is 10.2 Å². The van der Waals surface area contributed by atoms with E-state index >= 15 is 0 Å². The number of aliphatic hydroxyl groups is 2. The van der Waals surface area contributed by atoms with E-state index in [0.29, 0.717) is 59.8 Å². The molecule has 2 rings (SSSR count). The van der Waals surface area contributed by atoms with Crippen molar-refractivity contribution in [3.05, 3.63) is 22.8 Å². The first kappa shape index (κ1) is 22.9. The van der Waals surface area contributed by atoms with Crippen LogP contribution in [0.1, 0.15) is 13.8 Å². The molecule has 10 heteroatoms. The summed E-state index contributed by atoms with van der Waals surface area (Å²) in [6.07, 6.45) is 0. The molecule has 0 unspecified atom stereocenters. The zero-order valence-corrected chi connectivity index (χ0v) is 23.5. The van der Waals surface area contributed by atoms with Gasteiger partial charge in [0.15, 0.2) is 0 Å². The van der Waals surface area contributed by atoms with Gasteiger partial charge in [-0.3, -0.25) is 0 Å². The molecule has 0 bridgehead atoms. The van der Waals surface area contributed by atoms with Crippen LogP contribution in [0, 0.1) is 0 Å².